The molecule has 0 amide bonds. The predicted octanol–water partition coefficient (Wildman–Crippen LogP) is 2.26. The van der Waals surface area contributed by atoms with Crippen molar-refractivity contribution in [1.29, 1.82) is 5.26 Å². The van der Waals surface area contributed by atoms with E-state index in [4.69, 9.17) is 0 Å². The first-order valence-electron chi connectivity index (χ1n) is 5.57. The number of hydrogen-bond acceptors (Lipinski definition) is 3. The van der Waals surface area contributed by atoms with Gasteiger partial charge in [-0.2, -0.15) is 17.0 Å². The molecule has 2 aliphatic rings. The topological polar surface area (TPSA) is 27.0 Å². The first-order valence-corrected chi connectivity index (χ1v) is 6.62. The Morgan fingerprint density at radius 2 is 2.07 bits per heavy atom. The zero-order chi connectivity index (χ0) is 10.0. The minimum atomic E-state index is -0.139. The summed E-state index contributed by atoms with van der Waals surface area (Å²) < 4.78 is 0. The molecule has 0 spiro atoms. The van der Waals surface area contributed by atoms with Crippen molar-refractivity contribution in [2.75, 3.05) is 18.8 Å². The van der Waals surface area contributed by atoms with E-state index in [1.807, 2.05) is 11.8 Å². The summed E-state index contributed by atoms with van der Waals surface area (Å²) >= 11 is 1.97. The Bertz CT molecular complexity index is 242. The maximum atomic E-state index is 9.47. The molecule has 2 heterocycles. The molecule has 3 heteroatoms. The maximum absolute atomic E-state index is 9.47. The molecule has 2 unspecified atom stereocenters. The highest BCUT2D eigenvalue weighted by Crippen LogP contribution is 2.39. The fourth-order valence-corrected chi connectivity index (χ4v) is 3.95. The van der Waals surface area contributed by atoms with Crippen molar-refractivity contribution in [3.63, 3.8) is 0 Å². The van der Waals surface area contributed by atoms with Crippen LogP contribution < -0.4 is 0 Å². The molecule has 0 N–H and O–H groups in total. The summed E-state index contributed by atoms with van der Waals surface area (Å²) in [5.41, 5.74) is -0.139. The smallest absolute Gasteiger partial charge is 0.120 e. The Labute approximate surface area is 90.7 Å². The van der Waals surface area contributed by atoms with Crippen LogP contribution >= 0.6 is 11.8 Å². The summed E-state index contributed by atoms with van der Waals surface area (Å²) in [6.07, 6.45) is 4.85. The van der Waals surface area contributed by atoms with Crippen LogP contribution in [0.15, 0.2) is 0 Å². The number of nitrogens with zero attached hydrogens (tertiary/aromatic N) is 2. The fraction of sp³-hybridized carbons (Fsp3) is 0.909. The lowest BCUT2D eigenvalue weighted by atomic mass is 9.89. The highest BCUT2D eigenvalue weighted by Gasteiger charge is 2.44. The molecule has 2 nitrogen and oxygen atoms in total. The van der Waals surface area contributed by atoms with Gasteiger partial charge in [0.1, 0.15) is 5.54 Å². The Morgan fingerprint density at radius 3 is 2.64 bits per heavy atom. The molecule has 0 aromatic rings. The van der Waals surface area contributed by atoms with Gasteiger partial charge in [-0.3, -0.25) is 4.90 Å². The molecule has 2 aliphatic heterocycles. The first-order chi connectivity index (χ1) is 6.79. The number of hydrogen-bond donors (Lipinski definition) is 0. The highest BCUT2D eigenvalue weighted by atomic mass is 32.2. The van der Waals surface area contributed by atoms with Crippen LogP contribution in [0.2, 0.25) is 0 Å². The van der Waals surface area contributed by atoms with E-state index < -0.39 is 0 Å². The van der Waals surface area contributed by atoms with E-state index in [0.717, 1.165) is 19.5 Å². The van der Waals surface area contributed by atoms with E-state index in [2.05, 4.69) is 17.9 Å². The third-order valence-corrected chi connectivity index (χ3v) is 5.02. The van der Waals surface area contributed by atoms with Gasteiger partial charge in [0.15, 0.2) is 0 Å². The van der Waals surface area contributed by atoms with Gasteiger partial charge in [-0.25, -0.2) is 0 Å². The number of thioether (sulfide) groups is 1. The standard InChI is InChI=1S/C11H18N2S/c1-10-11(9-12,5-4-8-14-10)13-6-2-3-7-13/h10H,2-8H2,1H3. The molecule has 0 aromatic heterocycles. The summed E-state index contributed by atoms with van der Waals surface area (Å²) in [7, 11) is 0. The lowest BCUT2D eigenvalue weighted by Crippen LogP contribution is -2.54. The Morgan fingerprint density at radius 1 is 1.36 bits per heavy atom. The minimum Gasteiger partial charge on any atom is -0.285 e. The van der Waals surface area contributed by atoms with Crippen molar-refractivity contribution in [2.24, 2.45) is 0 Å². The normalized spacial score (nSPS) is 39.6. The van der Waals surface area contributed by atoms with Crippen LogP contribution in [-0.4, -0.2) is 34.5 Å². The number of rotatable bonds is 1. The largest absolute Gasteiger partial charge is 0.285 e. The Balaban J connectivity index is 2.18. The average Bonchev–Trinajstić information content (AvgIpc) is 2.72. The molecule has 2 rings (SSSR count). The summed E-state index contributed by atoms with van der Waals surface area (Å²) in [5.74, 6) is 1.23. The SMILES string of the molecule is CC1SCCCC1(C#N)N1CCCC1. The molecule has 0 radical (unpaired) electrons. The van der Waals surface area contributed by atoms with Crippen LogP contribution in [0.4, 0.5) is 0 Å². The van der Waals surface area contributed by atoms with Gasteiger partial charge in [-0.1, -0.05) is 6.92 Å². The van der Waals surface area contributed by atoms with E-state index in [-0.39, 0.29) is 5.54 Å². The average molecular weight is 210 g/mol. The summed E-state index contributed by atoms with van der Waals surface area (Å²) in [4.78, 5) is 2.43. The zero-order valence-electron chi connectivity index (χ0n) is 8.83. The van der Waals surface area contributed by atoms with Crippen LogP contribution in [0.25, 0.3) is 0 Å². The Hall–Kier alpha value is -0.200. The van der Waals surface area contributed by atoms with E-state index in [9.17, 15) is 5.26 Å². The molecule has 2 fully saturated rings. The van der Waals surface area contributed by atoms with Crippen LogP contribution in [0.3, 0.4) is 0 Å². The number of nitriles is 1. The molecule has 2 saturated heterocycles. The van der Waals surface area contributed by atoms with Gasteiger partial charge in [-0.15, -0.1) is 0 Å². The molecule has 14 heavy (non-hydrogen) atoms. The van der Waals surface area contributed by atoms with Gasteiger partial charge in [0.05, 0.1) is 6.07 Å². The molecule has 0 saturated carbocycles. The molecule has 0 aliphatic carbocycles. The van der Waals surface area contributed by atoms with E-state index in [1.165, 1.54) is 25.0 Å². The van der Waals surface area contributed by atoms with Gasteiger partial charge in [0.25, 0.3) is 0 Å². The second-order valence-corrected chi connectivity index (χ2v) is 5.80. The van der Waals surface area contributed by atoms with E-state index >= 15 is 0 Å². The summed E-state index contributed by atoms with van der Waals surface area (Å²) in [6, 6.07) is 2.61. The lowest BCUT2D eigenvalue weighted by Gasteiger charge is -2.43. The van der Waals surface area contributed by atoms with Gasteiger partial charge >= 0.3 is 0 Å². The van der Waals surface area contributed by atoms with Crippen molar-refractivity contribution >= 4 is 11.8 Å². The molecular formula is C11H18N2S. The lowest BCUT2D eigenvalue weighted by molar-refractivity contribution is 0.157. The second-order valence-electron chi connectivity index (χ2n) is 4.35. The number of likely N-dealkylation sites (tertiary alicyclic amines) is 1. The zero-order valence-corrected chi connectivity index (χ0v) is 9.65. The third-order valence-electron chi connectivity index (χ3n) is 3.61. The van der Waals surface area contributed by atoms with Gasteiger partial charge < -0.3 is 0 Å². The van der Waals surface area contributed by atoms with Crippen molar-refractivity contribution in [3.05, 3.63) is 0 Å². The molecule has 0 bridgehead atoms. The minimum absolute atomic E-state index is 0.139. The van der Waals surface area contributed by atoms with Gasteiger partial charge in [-0.05, 0) is 44.5 Å². The van der Waals surface area contributed by atoms with E-state index in [0.29, 0.717) is 5.25 Å². The first kappa shape index (κ1) is 10.3. The summed E-state index contributed by atoms with van der Waals surface area (Å²) in [5, 5.41) is 9.95. The molecule has 0 aromatic carbocycles. The van der Waals surface area contributed by atoms with Crippen molar-refractivity contribution in [1.82, 2.24) is 4.90 Å². The second kappa shape index (κ2) is 4.12. The summed E-state index contributed by atoms with van der Waals surface area (Å²) in [6.45, 7) is 4.50. The van der Waals surface area contributed by atoms with Crippen molar-refractivity contribution < 1.29 is 0 Å². The quantitative estimate of drug-likeness (QED) is 0.664. The maximum Gasteiger partial charge on any atom is 0.120 e. The molecule has 78 valence electrons. The third kappa shape index (κ3) is 1.55. The van der Waals surface area contributed by atoms with E-state index in [1.54, 1.807) is 0 Å². The van der Waals surface area contributed by atoms with Gasteiger partial charge in [0.2, 0.25) is 0 Å². The Kier molecular flexibility index (Phi) is 3.04. The van der Waals surface area contributed by atoms with Gasteiger partial charge in [0, 0.05) is 5.25 Å². The van der Waals surface area contributed by atoms with Crippen LogP contribution in [-0.2, 0) is 0 Å². The van der Waals surface area contributed by atoms with Crippen LogP contribution in [0.5, 0.6) is 0 Å². The molecular weight excluding hydrogens is 192 g/mol. The van der Waals surface area contributed by atoms with Crippen molar-refractivity contribution in [3.8, 4) is 6.07 Å². The monoisotopic (exact) mass is 210 g/mol. The van der Waals surface area contributed by atoms with Crippen LogP contribution in [0.1, 0.15) is 32.6 Å². The fourth-order valence-electron chi connectivity index (χ4n) is 2.69. The van der Waals surface area contributed by atoms with Crippen LogP contribution in [0, 0.1) is 11.3 Å². The van der Waals surface area contributed by atoms with Crippen molar-refractivity contribution in [2.45, 2.75) is 43.4 Å². The highest BCUT2D eigenvalue weighted by molar-refractivity contribution is 8.00. The predicted molar refractivity (Wildman–Crippen MR) is 60.3 cm³/mol. The molecule has 2 atom stereocenters.